The highest BCUT2D eigenvalue weighted by Crippen LogP contribution is 2.03. The molecular formula is C11H26N2O2. The molecule has 0 saturated carbocycles. The molecule has 0 radical (unpaired) electrons. The minimum Gasteiger partial charge on any atom is -0.383 e. The van der Waals surface area contributed by atoms with Gasteiger partial charge in [-0.15, -0.1) is 0 Å². The van der Waals surface area contributed by atoms with E-state index in [2.05, 4.69) is 24.1 Å². The molecule has 0 aromatic heterocycles. The fourth-order valence-corrected chi connectivity index (χ4v) is 1.49. The van der Waals surface area contributed by atoms with Crippen molar-refractivity contribution < 1.29 is 9.47 Å². The van der Waals surface area contributed by atoms with Crippen LogP contribution in [0.5, 0.6) is 0 Å². The highest BCUT2D eigenvalue weighted by atomic mass is 16.5. The van der Waals surface area contributed by atoms with Crippen LogP contribution in [0.15, 0.2) is 0 Å². The maximum atomic E-state index is 5.11. The first-order valence-electron chi connectivity index (χ1n) is 5.56. The second-order valence-electron chi connectivity index (χ2n) is 3.84. The largest absolute Gasteiger partial charge is 0.383 e. The number of nitrogens with zero attached hydrogens (tertiary/aromatic N) is 1. The Kier molecular flexibility index (Phi) is 9.00. The van der Waals surface area contributed by atoms with Gasteiger partial charge in [0.25, 0.3) is 0 Å². The summed E-state index contributed by atoms with van der Waals surface area (Å²) in [6, 6.07) is 0.957. The summed E-state index contributed by atoms with van der Waals surface area (Å²) in [5.41, 5.74) is 0. The first-order chi connectivity index (χ1) is 7.17. The molecule has 1 N–H and O–H groups in total. The van der Waals surface area contributed by atoms with Crippen molar-refractivity contribution in [1.29, 1.82) is 0 Å². The Bertz CT molecular complexity index is 137. The van der Waals surface area contributed by atoms with Gasteiger partial charge in [0.15, 0.2) is 0 Å². The molecule has 0 spiro atoms. The summed E-state index contributed by atoms with van der Waals surface area (Å²) in [4.78, 5) is 2.38. The van der Waals surface area contributed by atoms with Gasteiger partial charge in [0.2, 0.25) is 0 Å². The lowest BCUT2D eigenvalue weighted by Gasteiger charge is -2.32. The van der Waals surface area contributed by atoms with Crippen molar-refractivity contribution in [1.82, 2.24) is 10.2 Å². The van der Waals surface area contributed by atoms with Gasteiger partial charge in [-0.1, -0.05) is 0 Å². The Morgan fingerprint density at radius 2 is 1.53 bits per heavy atom. The molecule has 2 atom stereocenters. The number of hydrogen-bond acceptors (Lipinski definition) is 4. The van der Waals surface area contributed by atoms with Gasteiger partial charge in [-0.3, -0.25) is 4.90 Å². The number of hydrogen-bond donors (Lipinski definition) is 1. The van der Waals surface area contributed by atoms with Crippen molar-refractivity contribution in [2.75, 3.05) is 47.6 Å². The van der Waals surface area contributed by atoms with E-state index in [1.807, 2.05) is 7.05 Å². The molecule has 92 valence electrons. The van der Waals surface area contributed by atoms with E-state index in [9.17, 15) is 0 Å². The van der Waals surface area contributed by atoms with E-state index >= 15 is 0 Å². The monoisotopic (exact) mass is 218 g/mol. The zero-order valence-corrected chi connectivity index (χ0v) is 10.7. The van der Waals surface area contributed by atoms with Gasteiger partial charge in [-0.05, 0) is 20.9 Å². The Labute approximate surface area is 93.9 Å². The van der Waals surface area contributed by atoms with E-state index in [0.29, 0.717) is 12.1 Å². The predicted molar refractivity (Wildman–Crippen MR) is 63.3 cm³/mol. The molecule has 0 bridgehead atoms. The molecule has 4 nitrogen and oxygen atoms in total. The van der Waals surface area contributed by atoms with Crippen LogP contribution < -0.4 is 5.32 Å². The molecule has 0 aromatic carbocycles. The Balaban J connectivity index is 4.06. The van der Waals surface area contributed by atoms with E-state index in [1.165, 1.54) is 0 Å². The molecule has 0 rings (SSSR count). The highest BCUT2D eigenvalue weighted by Gasteiger charge is 2.18. The summed E-state index contributed by atoms with van der Waals surface area (Å²) in [5.74, 6) is 0. The van der Waals surface area contributed by atoms with Crippen LogP contribution in [0, 0.1) is 0 Å². The maximum absolute atomic E-state index is 5.11. The number of methoxy groups -OCH3 is 2. The van der Waals surface area contributed by atoms with Gasteiger partial charge < -0.3 is 14.8 Å². The molecule has 0 saturated heterocycles. The fourth-order valence-electron chi connectivity index (χ4n) is 1.49. The average molecular weight is 218 g/mol. The zero-order valence-electron chi connectivity index (χ0n) is 10.7. The molecule has 0 amide bonds. The van der Waals surface area contributed by atoms with Gasteiger partial charge in [0, 0.05) is 39.4 Å². The van der Waals surface area contributed by atoms with Gasteiger partial charge in [-0.25, -0.2) is 0 Å². The molecule has 0 heterocycles. The first-order valence-corrected chi connectivity index (χ1v) is 5.56. The highest BCUT2D eigenvalue weighted by molar-refractivity contribution is 4.76. The second kappa shape index (κ2) is 9.09. The summed E-state index contributed by atoms with van der Waals surface area (Å²) < 4.78 is 10.2. The van der Waals surface area contributed by atoms with Crippen molar-refractivity contribution in [3.05, 3.63) is 0 Å². The normalized spacial score (nSPS) is 15.6. The van der Waals surface area contributed by atoms with E-state index in [1.54, 1.807) is 14.2 Å². The third-order valence-corrected chi connectivity index (χ3v) is 2.92. The molecule has 4 heteroatoms. The van der Waals surface area contributed by atoms with E-state index in [0.717, 1.165) is 26.3 Å². The van der Waals surface area contributed by atoms with Crippen LogP contribution in [0.3, 0.4) is 0 Å². The topological polar surface area (TPSA) is 33.7 Å². The first kappa shape index (κ1) is 14.8. The summed E-state index contributed by atoms with van der Waals surface area (Å²) in [6.07, 6.45) is 0. The fraction of sp³-hybridized carbons (Fsp3) is 1.00. The molecule has 0 aliphatic heterocycles. The van der Waals surface area contributed by atoms with Crippen LogP contribution in [0.4, 0.5) is 0 Å². The minimum atomic E-state index is 0.471. The third-order valence-electron chi connectivity index (χ3n) is 2.92. The number of likely N-dealkylation sites (N-methyl/N-ethyl adjacent to an activating group) is 1. The Morgan fingerprint density at radius 3 is 1.87 bits per heavy atom. The van der Waals surface area contributed by atoms with E-state index < -0.39 is 0 Å². The van der Waals surface area contributed by atoms with Crippen LogP contribution in [-0.2, 0) is 9.47 Å². The van der Waals surface area contributed by atoms with Crippen molar-refractivity contribution in [3.63, 3.8) is 0 Å². The van der Waals surface area contributed by atoms with Gasteiger partial charge in [0.05, 0.1) is 13.2 Å². The average Bonchev–Trinajstić information content (AvgIpc) is 2.27. The lowest BCUT2D eigenvalue weighted by atomic mass is 10.1. The lowest BCUT2D eigenvalue weighted by molar-refractivity contribution is 0.0825. The van der Waals surface area contributed by atoms with Gasteiger partial charge >= 0.3 is 0 Å². The summed E-state index contributed by atoms with van der Waals surface area (Å²) >= 11 is 0. The van der Waals surface area contributed by atoms with Crippen molar-refractivity contribution in [3.8, 4) is 0 Å². The molecule has 0 aromatic rings. The van der Waals surface area contributed by atoms with Crippen LogP contribution in [0.2, 0.25) is 0 Å². The van der Waals surface area contributed by atoms with Crippen LogP contribution >= 0.6 is 0 Å². The third kappa shape index (κ3) is 6.10. The standard InChI is InChI=1S/C11H26N2O2/c1-10(12-3)11(2)13(6-8-14-4)7-9-15-5/h10-12H,6-9H2,1-5H3. The maximum Gasteiger partial charge on any atom is 0.0589 e. The van der Waals surface area contributed by atoms with Crippen LogP contribution in [-0.4, -0.2) is 64.6 Å². The summed E-state index contributed by atoms with van der Waals surface area (Å²) in [7, 11) is 5.47. The van der Waals surface area contributed by atoms with Crippen molar-refractivity contribution in [2.45, 2.75) is 25.9 Å². The summed E-state index contributed by atoms with van der Waals surface area (Å²) in [5, 5.41) is 3.27. The van der Waals surface area contributed by atoms with E-state index in [-0.39, 0.29) is 0 Å². The molecule has 15 heavy (non-hydrogen) atoms. The second-order valence-corrected chi connectivity index (χ2v) is 3.84. The smallest absolute Gasteiger partial charge is 0.0589 e. The molecule has 0 fully saturated rings. The predicted octanol–water partition coefficient (Wildman–Crippen LogP) is 0.578. The van der Waals surface area contributed by atoms with Crippen molar-refractivity contribution >= 4 is 0 Å². The number of rotatable bonds is 9. The quantitative estimate of drug-likeness (QED) is 0.614. The lowest BCUT2D eigenvalue weighted by Crippen LogP contribution is -2.48. The number of nitrogens with one attached hydrogen (secondary N) is 1. The Morgan fingerprint density at radius 1 is 1.07 bits per heavy atom. The molecule has 0 aliphatic rings. The summed E-state index contributed by atoms with van der Waals surface area (Å²) in [6.45, 7) is 7.86. The number of ether oxygens (including phenoxy) is 2. The minimum absolute atomic E-state index is 0.471. The van der Waals surface area contributed by atoms with Gasteiger partial charge in [0.1, 0.15) is 0 Å². The van der Waals surface area contributed by atoms with Gasteiger partial charge in [-0.2, -0.15) is 0 Å². The van der Waals surface area contributed by atoms with E-state index in [4.69, 9.17) is 9.47 Å². The van der Waals surface area contributed by atoms with Crippen molar-refractivity contribution in [2.24, 2.45) is 0 Å². The van der Waals surface area contributed by atoms with Crippen LogP contribution in [0.25, 0.3) is 0 Å². The molecule has 0 aliphatic carbocycles. The Hall–Kier alpha value is -0.160. The molecular weight excluding hydrogens is 192 g/mol. The van der Waals surface area contributed by atoms with Crippen LogP contribution in [0.1, 0.15) is 13.8 Å². The molecule has 2 unspecified atom stereocenters. The SMILES string of the molecule is CNC(C)C(C)N(CCOC)CCOC. The zero-order chi connectivity index (χ0) is 11.7.